The molecular formula is C42H51F2N7O8. The number of piperidine rings is 1. The van der Waals surface area contributed by atoms with Gasteiger partial charge in [0.25, 0.3) is 0 Å². The van der Waals surface area contributed by atoms with Gasteiger partial charge in [-0.05, 0) is 107 Å². The third kappa shape index (κ3) is 9.18. The first-order valence-corrected chi connectivity index (χ1v) is 20.4. The Labute approximate surface area is 340 Å². The van der Waals surface area contributed by atoms with Crippen LogP contribution in [0.4, 0.5) is 19.3 Å². The van der Waals surface area contributed by atoms with Crippen molar-refractivity contribution in [2.45, 2.75) is 121 Å². The quantitative estimate of drug-likeness (QED) is 0.321. The van der Waals surface area contributed by atoms with Crippen molar-refractivity contribution in [3.63, 3.8) is 0 Å². The highest BCUT2D eigenvalue weighted by Crippen LogP contribution is 2.55. The summed E-state index contributed by atoms with van der Waals surface area (Å²) in [4.78, 5) is 103. The first kappa shape index (κ1) is 41.5. The molecule has 5 fully saturated rings. The van der Waals surface area contributed by atoms with Crippen molar-refractivity contribution in [1.82, 2.24) is 30.7 Å². The summed E-state index contributed by atoms with van der Waals surface area (Å²) in [5.74, 6) is -5.73. The fraction of sp³-hybridized carbons (Fsp3) is 0.548. The molecule has 1 aliphatic carbocycles. The lowest BCUT2D eigenvalue weighted by Crippen LogP contribution is -2.63. The Bertz CT molecular complexity index is 1990. The minimum Gasteiger partial charge on any atom is -0.458 e. The predicted molar refractivity (Wildman–Crippen MR) is 208 cm³/mol. The van der Waals surface area contributed by atoms with Gasteiger partial charge in [-0.15, -0.1) is 0 Å². The number of nitrogens with one attached hydrogen (secondary N) is 4. The number of amides is 7. The molecule has 316 valence electrons. The van der Waals surface area contributed by atoms with Gasteiger partial charge in [-0.2, -0.15) is 0 Å². The van der Waals surface area contributed by atoms with E-state index in [1.165, 1.54) is 21.6 Å². The summed E-state index contributed by atoms with van der Waals surface area (Å²) in [6.07, 6.45) is 2.52. The monoisotopic (exact) mass is 819 g/mol. The zero-order chi connectivity index (χ0) is 42.2. The normalized spacial score (nSPS) is 27.6. The molecule has 17 heteroatoms. The topological polar surface area (TPSA) is 187 Å². The van der Waals surface area contributed by atoms with E-state index < -0.39 is 102 Å². The van der Waals surface area contributed by atoms with E-state index in [0.29, 0.717) is 43.9 Å². The second-order valence-electron chi connectivity index (χ2n) is 16.8. The number of nitrogens with zero attached hydrogens (tertiary/aromatic N) is 3. The van der Waals surface area contributed by atoms with Crippen molar-refractivity contribution in [3.8, 4) is 0 Å². The molecule has 0 unspecified atom stereocenters. The first-order chi connectivity index (χ1) is 28.1. The van der Waals surface area contributed by atoms with Crippen LogP contribution in [-0.2, 0) is 39.9 Å². The molecule has 0 bridgehead atoms. The van der Waals surface area contributed by atoms with Crippen molar-refractivity contribution in [2.75, 3.05) is 25.0 Å². The molecule has 4 N–H and O–H groups in total. The number of rotatable bonds is 6. The third-order valence-electron chi connectivity index (χ3n) is 12.3. The van der Waals surface area contributed by atoms with Crippen LogP contribution in [0.15, 0.2) is 42.5 Å². The van der Waals surface area contributed by atoms with Crippen molar-refractivity contribution in [3.05, 3.63) is 65.2 Å². The molecule has 7 rings (SSSR count). The summed E-state index contributed by atoms with van der Waals surface area (Å²) in [5, 5.41) is 10.6. The lowest BCUT2D eigenvalue weighted by molar-refractivity contribution is -0.163. The predicted octanol–water partition coefficient (Wildman–Crippen LogP) is 2.69. The van der Waals surface area contributed by atoms with Crippen LogP contribution < -0.4 is 21.3 Å². The van der Waals surface area contributed by atoms with E-state index in [1.54, 1.807) is 31.2 Å². The first-order valence-electron chi connectivity index (χ1n) is 20.4. The van der Waals surface area contributed by atoms with E-state index in [-0.39, 0.29) is 37.0 Å². The van der Waals surface area contributed by atoms with Crippen LogP contribution in [0.5, 0.6) is 0 Å². The van der Waals surface area contributed by atoms with Crippen molar-refractivity contribution < 1.29 is 47.1 Å². The molecule has 7 amide bonds. The minimum atomic E-state index is -1.61. The number of carbonyl (C=O) groups excluding carboxylic acids is 7. The Hall–Kier alpha value is -5.61. The average Bonchev–Trinajstić information content (AvgIpc) is 3.58. The smallest absolute Gasteiger partial charge is 0.329 e. The highest BCUT2D eigenvalue weighted by molar-refractivity contribution is 5.99. The number of urea groups is 1. The SMILES string of the molecule is Cc1ccc(NC(=O)N[C@@H](Cc2cc(F)cc(F)c2)C(=O)N[C@@H]2C(=O)N3CCC[C@H]3C(=O)N3CCCC[C@H]3C(=O)N[C@@H](C)C(=O)N3CC4(CC4)C[C@H]3C(=O)O[C@H]2C)cc1. The Morgan fingerprint density at radius 3 is 2.20 bits per heavy atom. The lowest BCUT2D eigenvalue weighted by atomic mass is 9.99. The van der Waals surface area contributed by atoms with E-state index in [2.05, 4.69) is 21.3 Å². The van der Waals surface area contributed by atoms with Gasteiger partial charge in [0.15, 0.2) is 0 Å². The van der Waals surface area contributed by atoms with E-state index in [1.807, 2.05) is 6.92 Å². The Balaban J connectivity index is 1.21. The van der Waals surface area contributed by atoms with E-state index in [0.717, 1.165) is 30.5 Å². The van der Waals surface area contributed by atoms with Gasteiger partial charge in [0.1, 0.15) is 54.0 Å². The summed E-state index contributed by atoms with van der Waals surface area (Å²) in [5.41, 5.74) is 1.09. The number of fused-ring (bicyclic) bond motifs is 3. The van der Waals surface area contributed by atoms with Gasteiger partial charge >= 0.3 is 12.0 Å². The summed E-state index contributed by atoms with van der Waals surface area (Å²) < 4.78 is 34.7. The van der Waals surface area contributed by atoms with Gasteiger partial charge in [-0.25, -0.2) is 18.4 Å². The van der Waals surface area contributed by atoms with Crippen LogP contribution in [0, 0.1) is 24.0 Å². The van der Waals surface area contributed by atoms with Crippen molar-refractivity contribution in [1.29, 1.82) is 0 Å². The third-order valence-corrected chi connectivity index (χ3v) is 12.3. The maximum absolute atomic E-state index is 14.7. The molecule has 0 aromatic heterocycles. The molecule has 15 nitrogen and oxygen atoms in total. The summed E-state index contributed by atoms with van der Waals surface area (Å²) in [6.45, 7) is 5.51. The maximum Gasteiger partial charge on any atom is 0.329 e. The summed E-state index contributed by atoms with van der Waals surface area (Å²) >= 11 is 0. The molecule has 7 atom stereocenters. The molecule has 4 saturated heterocycles. The number of benzene rings is 2. The van der Waals surface area contributed by atoms with Crippen LogP contribution in [-0.4, -0.2) is 118 Å². The molecule has 2 aromatic rings. The average molecular weight is 820 g/mol. The van der Waals surface area contributed by atoms with E-state index in [9.17, 15) is 42.3 Å². The standard InChI is InChI=1S/C42H51F2N7O8/c1-23-9-11-29(12-10-23)46-41(58)47-30(19-26-17-27(43)20-28(44)18-26)35(52)48-34-25(3)59-40(57)33-21-42(13-14-42)22-51(33)37(54)24(2)45-36(53)31-7-4-5-15-49(31)38(55)32-8-6-16-50(32)39(34)56/h9-12,17-18,20,24-25,30-34H,4-8,13-16,19,21-22H2,1-3H3,(H,45,53)(H,48,52)(H2,46,47,58)/t24-,25-,30-,31-,32-,33-,34-/m0/s1. The molecule has 4 aliphatic heterocycles. The molecule has 1 saturated carbocycles. The highest BCUT2D eigenvalue weighted by Gasteiger charge is 2.57. The number of hydrogen-bond acceptors (Lipinski definition) is 8. The van der Waals surface area contributed by atoms with Crippen LogP contribution in [0.1, 0.15) is 76.3 Å². The van der Waals surface area contributed by atoms with Gasteiger partial charge in [0.2, 0.25) is 29.5 Å². The van der Waals surface area contributed by atoms with Gasteiger partial charge in [0.05, 0.1) is 0 Å². The number of hydrogen-bond donors (Lipinski definition) is 4. The maximum atomic E-state index is 14.7. The molecular weight excluding hydrogens is 768 g/mol. The summed E-state index contributed by atoms with van der Waals surface area (Å²) in [6, 6.07) is 1.66. The number of ether oxygens (including phenoxy) is 1. The largest absolute Gasteiger partial charge is 0.458 e. The molecule has 2 aromatic carbocycles. The van der Waals surface area contributed by atoms with Gasteiger partial charge < -0.3 is 40.7 Å². The molecule has 1 spiro atoms. The fourth-order valence-corrected chi connectivity index (χ4v) is 8.88. The second-order valence-corrected chi connectivity index (χ2v) is 16.8. The van der Waals surface area contributed by atoms with Crippen molar-refractivity contribution in [2.24, 2.45) is 5.41 Å². The van der Waals surface area contributed by atoms with Crippen LogP contribution in [0.25, 0.3) is 0 Å². The van der Waals surface area contributed by atoms with E-state index in [4.69, 9.17) is 4.74 Å². The number of aryl methyl sites for hydroxylation is 1. The highest BCUT2D eigenvalue weighted by atomic mass is 19.1. The Morgan fingerprint density at radius 1 is 0.847 bits per heavy atom. The van der Waals surface area contributed by atoms with Crippen LogP contribution >= 0.6 is 0 Å². The fourth-order valence-electron chi connectivity index (χ4n) is 8.88. The minimum absolute atomic E-state index is 0.0293. The van der Waals surface area contributed by atoms with E-state index >= 15 is 0 Å². The lowest BCUT2D eigenvalue weighted by Gasteiger charge is -2.39. The zero-order valence-corrected chi connectivity index (χ0v) is 33.4. The number of cyclic esters (lactones) is 1. The van der Waals surface area contributed by atoms with Gasteiger partial charge in [0, 0.05) is 37.8 Å². The Kier molecular flexibility index (Phi) is 11.9. The molecule has 0 radical (unpaired) electrons. The number of carbonyl (C=O) groups is 7. The van der Waals surface area contributed by atoms with Crippen LogP contribution in [0.2, 0.25) is 0 Å². The van der Waals surface area contributed by atoms with Crippen molar-refractivity contribution >= 4 is 47.2 Å². The number of anilines is 1. The second kappa shape index (κ2) is 16.9. The number of esters is 1. The zero-order valence-electron chi connectivity index (χ0n) is 33.4. The molecule has 5 aliphatic rings. The van der Waals surface area contributed by atoms with Gasteiger partial charge in [-0.3, -0.25) is 24.0 Å². The molecule has 59 heavy (non-hydrogen) atoms. The molecule has 4 heterocycles. The van der Waals surface area contributed by atoms with Gasteiger partial charge in [-0.1, -0.05) is 17.7 Å². The number of halogens is 2. The summed E-state index contributed by atoms with van der Waals surface area (Å²) in [7, 11) is 0. The Morgan fingerprint density at radius 2 is 1.51 bits per heavy atom. The van der Waals surface area contributed by atoms with Crippen LogP contribution in [0.3, 0.4) is 0 Å².